The Balaban J connectivity index is 2.99. The smallest absolute Gasteiger partial charge is 0.286 e. The van der Waals surface area contributed by atoms with Gasteiger partial charge in [0.2, 0.25) is 0 Å². The number of fused-ring (bicyclic) bond motifs is 1. The Bertz CT molecular complexity index is 321. The lowest BCUT2D eigenvalue weighted by Gasteiger charge is -1.80. The fourth-order valence-electron chi connectivity index (χ4n) is 0.612. The summed E-state index contributed by atoms with van der Waals surface area (Å²) in [6.07, 6.45) is 2.64. The van der Waals surface area contributed by atoms with Crippen molar-refractivity contribution in [2.75, 3.05) is 0 Å². The molecule has 0 amide bonds. The summed E-state index contributed by atoms with van der Waals surface area (Å²) < 4.78 is 2.16. The normalized spacial score (nSPS) is 10.7. The van der Waals surface area contributed by atoms with Crippen LogP contribution in [-0.2, 0) is 0 Å². The van der Waals surface area contributed by atoms with Gasteiger partial charge in [-0.2, -0.15) is 9.61 Å². The van der Waals surface area contributed by atoms with E-state index in [2.05, 4.69) is 15.3 Å². The summed E-state index contributed by atoms with van der Waals surface area (Å²) in [6.45, 7) is 0. The van der Waals surface area contributed by atoms with Gasteiger partial charge in [-0.3, -0.25) is 0 Å². The van der Waals surface area contributed by atoms with E-state index in [4.69, 9.17) is 5.21 Å². The molecule has 0 bridgehead atoms. The summed E-state index contributed by atoms with van der Waals surface area (Å²) in [4.78, 5) is 0. The molecule has 2 rings (SSSR count). The van der Waals surface area contributed by atoms with Crippen LogP contribution in [-0.4, -0.2) is 29.7 Å². The van der Waals surface area contributed by atoms with E-state index in [9.17, 15) is 0 Å². The third-order valence-electron chi connectivity index (χ3n) is 1.00. The minimum atomic E-state index is 0.315. The van der Waals surface area contributed by atoms with E-state index in [1.54, 1.807) is 0 Å². The maximum absolute atomic E-state index is 8.83. The first kappa shape index (κ1) is 4.30. The molecular formula is C3H3N5O. The van der Waals surface area contributed by atoms with Crippen molar-refractivity contribution in [2.24, 2.45) is 0 Å². The molecule has 46 valence electrons. The Morgan fingerprint density at radius 3 is 3.11 bits per heavy atom. The van der Waals surface area contributed by atoms with Gasteiger partial charge >= 0.3 is 0 Å². The lowest BCUT2D eigenvalue weighted by Crippen LogP contribution is -1.87. The second kappa shape index (κ2) is 1.22. The maximum atomic E-state index is 8.83. The van der Waals surface area contributed by atoms with Gasteiger partial charge in [0.15, 0.2) is 6.33 Å². The van der Waals surface area contributed by atoms with Gasteiger partial charge in [0.25, 0.3) is 5.78 Å². The average Bonchev–Trinajstić information content (AvgIpc) is 2.35. The van der Waals surface area contributed by atoms with Gasteiger partial charge in [0.05, 0.1) is 0 Å². The molecule has 6 nitrogen and oxygen atoms in total. The highest BCUT2D eigenvalue weighted by molar-refractivity contribution is 5.21. The topological polar surface area (TPSA) is 68.2 Å². The van der Waals surface area contributed by atoms with Crippen molar-refractivity contribution in [3.05, 3.63) is 12.7 Å². The highest BCUT2D eigenvalue weighted by Crippen LogP contribution is 1.90. The molecule has 0 aromatic carbocycles. The fourth-order valence-corrected chi connectivity index (χ4v) is 0.612. The van der Waals surface area contributed by atoms with Crippen molar-refractivity contribution in [3.63, 3.8) is 0 Å². The van der Waals surface area contributed by atoms with Crippen molar-refractivity contribution in [1.29, 1.82) is 0 Å². The van der Waals surface area contributed by atoms with Crippen LogP contribution in [0.25, 0.3) is 5.78 Å². The van der Waals surface area contributed by atoms with E-state index < -0.39 is 0 Å². The lowest BCUT2D eigenvalue weighted by molar-refractivity contribution is 0.195. The molecule has 1 N–H and O–H groups in total. The van der Waals surface area contributed by atoms with Crippen LogP contribution < -0.4 is 0 Å². The van der Waals surface area contributed by atoms with E-state index in [1.165, 1.54) is 17.2 Å². The lowest BCUT2D eigenvalue weighted by atomic mass is 11.1. The third-order valence-corrected chi connectivity index (χ3v) is 1.00. The molecule has 0 aliphatic heterocycles. The maximum Gasteiger partial charge on any atom is 0.286 e. The van der Waals surface area contributed by atoms with Gasteiger partial charge in [-0.1, -0.05) is 0 Å². The molecule has 6 heteroatoms. The second-order valence-corrected chi connectivity index (χ2v) is 1.55. The molecule has 0 saturated heterocycles. The Morgan fingerprint density at radius 1 is 1.44 bits per heavy atom. The minimum Gasteiger partial charge on any atom is -0.424 e. The average molecular weight is 125 g/mol. The molecule has 0 radical (unpaired) electrons. The Kier molecular flexibility index (Phi) is 0.583. The molecule has 0 saturated carbocycles. The minimum absolute atomic E-state index is 0.315. The standard InChI is InChI=1S/C3H3N5O/c9-8-2-5-7-1-4-6-3(7)8/h1-2,9H. The van der Waals surface area contributed by atoms with Crippen LogP contribution >= 0.6 is 0 Å². The van der Waals surface area contributed by atoms with Crippen LogP contribution in [0.5, 0.6) is 0 Å². The first-order valence-electron chi connectivity index (χ1n) is 2.30. The van der Waals surface area contributed by atoms with Gasteiger partial charge in [-0.25, -0.2) is 0 Å². The van der Waals surface area contributed by atoms with E-state index >= 15 is 0 Å². The molecule has 0 aliphatic carbocycles. The number of nitrogens with zero attached hydrogens (tertiary/aromatic N) is 5. The molecule has 0 spiro atoms. The van der Waals surface area contributed by atoms with Gasteiger partial charge in [-0.05, 0) is 0 Å². The first-order valence-corrected chi connectivity index (χ1v) is 2.30. The molecule has 0 aliphatic rings. The summed E-state index contributed by atoms with van der Waals surface area (Å²) in [6, 6.07) is 0. The van der Waals surface area contributed by atoms with Crippen LogP contribution in [0.1, 0.15) is 0 Å². The zero-order valence-electron chi connectivity index (χ0n) is 4.34. The number of hydrogen-bond acceptors (Lipinski definition) is 4. The van der Waals surface area contributed by atoms with Gasteiger partial charge < -0.3 is 5.21 Å². The van der Waals surface area contributed by atoms with Crippen LogP contribution in [0.15, 0.2) is 12.7 Å². The molecule has 0 fully saturated rings. The summed E-state index contributed by atoms with van der Waals surface area (Å²) in [5.74, 6) is 0.315. The zero-order chi connectivity index (χ0) is 6.27. The van der Waals surface area contributed by atoms with Gasteiger partial charge in [0.1, 0.15) is 6.33 Å². The van der Waals surface area contributed by atoms with Gasteiger partial charge in [0, 0.05) is 0 Å². The monoisotopic (exact) mass is 125 g/mol. The first-order chi connectivity index (χ1) is 4.38. The van der Waals surface area contributed by atoms with E-state index in [0.717, 1.165) is 4.73 Å². The highest BCUT2D eigenvalue weighted by atomic mass is 16.5. The Labute approximate surface area is 49.3 Å². The van der Waals surface area contributed by atoms with Gasteiger partial charge in [-0.15, -0.1) is 14.9 Å². The molecule has 2 aromatic heterocycles. The summed E-state index contributed by atoms with van der Waals surface area (Å²) >= 11 is 0. The zero-order valence-corrected chi connectivity index (χ0v) is 4.34. The van der Waals surface area contributed by atoms with Crippen LogP contribution in [0, 0.1) is 0 Å². The fraction of sp³-hybridized carbons (Fsp3) is 0. The summed E-state index contributed by atoms with van der Waals surface area (Å²) in [5.41, 5.74) is 0. The molecule has 2 heterocycles. The van der Waals surface area contributed by atoms with Crippen molar-refractivity contribution >= 4 is 5.78 Å². The number of aromatic nitrogens is 5. The molecule has 0 atom stereocenters. The van der Waals surface area contributed by atoms with E-state index in [1.807, 2.05) is 0 Å². The number of rotatable bonds is 0. The SMILES string of the molecule is On1cnn2cnnc12. The van der Waals surface area contributed by atoms with Crippen molar-refractivity contribution in [1.82, 2.24) is 24.5 Å². The second-order valence-electron chi connectivity index (χ2n) is 1.55. The van der Waals surface area contributed by atoms with E-state index in [-0.39, 0.29) is 0 Å². The summed E-state index contributed by atoms with van der Waals surface area (Å²) in [7, 11) is 0. The van der Waals surface area contributed by atoms with Crippen molar-refractivity contribution < 1.29 is 5.21 Å². The van der Waals surface area contributed by atoms with Crippen molar-refractivity contribution in [2.45, 2.75) is 0 Å². The Morgan fingerprint density at radius 2 is 2.33 bits per heavy atom. The van der Waals surface area contributed by atoms with Crippen LogP contribution in [0.4, 0.5) is 0 Å². The molecule has 2 aromatic rings. The third kappa shape index (κ3) is 0.411. The van der Waals surface area contributed by atoms with Crippen molar-refractivity contribution in [3.8, 4) is 0 Å². The van der Waals surface area contributed by atoms with Crippen LogP contribution in [0.2, 0.25) is 0 Å². The molecule has 9 heavy (non-hydrogen) atoms. The largest absolute Gasteiger partial charge is 0.424 e. The quantitative estimate of drug-likeness (QED) is 0.466. The predicted molar refractivity (Wildman–Crippen MR) is 26.0 cm³/mol. The summed E-state index contributed by atoms with van der Waals surface area (Å²) in [5, 5.41) is 19.5. The highest BCUT2D eigenvalue weighted by Gasteiger charge is 1.99. The molecular weight excluding hydrogens is 122 g/mol. The number of hydrogen-bond donors (Lipinski definition) is 1. The predicted octanol–water partition coefficient (Wildman–Crippen LogP) is -0.837. The molecule has 0 unspecified atom stereocenters. The van der Waals surface area contributed by atoms with Crippen LogP contribution in [0.3, 0.4) is 0 Å². The Hall–Kier alpha value is -1.59. The van der Waals surface area contributed by atoms with E-state index in [0.29, 0.717) is 5.78 Å².